The van der Waals surface area contributed by atoms with Crippen LogP contribution in [-0.2, 0) is 14.3 Å². The molecule has 1 heterocycles. The molecule has 0 N–H and O–H groups in total. The van der Waals surface area contributed by atoms with Gasteiger partial charge >= 0.3 is 5.97 Å². The summed E-state index contributed by atoms with van der Waals surface area (Å²) < 4.78 is 5.19. The van der Waals surface area contributed by atoms with Crippen LogP contribution in [0.1, 0.15) is 18.4 Å². The normalized spacial score (nSPS) is 11.5. The molecule has 202 valence electrons. The lowest BCUT2D eigenvalue weighted by Gasteiger charge is -2.26. The van der Waals surface area contributed by atoms with Gasteiger partial charge in [0.05, 0.1) is 23.4 Å². The van der Waals surface area contributed by atoms with E-state index >= 15 is 0 Å². The Hall–Kier alpha value is -5.43. The quantitative estimate of drug-likeness (QED) is 0.0871. The van der Waals surface area contributed by atoms with Crippen LogP contribution in [0.4, 0.5) is 5.69 Å². The van der Waals surface area contributed by atoms with Crippen molar-refractivity contribution >= 4 is 17.4 Å². The molecule has 0 bridgehead atoms. The number of nitro benzene ring substituents is 1. The van der Waals surface area contributed by atoms with Crippen LogP contribution in [0.25, 0.3) is 44.8 Å². The fraction of sp³-hybridized carbons (Fsp3) is 0.0882. The van der Waals surface area contributed by atoms with E-state index < -0.39 is 16.8 Å². The predicted molar refractivity (Wildman–Crippen MR) is 158 cm³/mol. The molecule has 1 unspecified atom stereocenters. The van der Waals surface area contributed by atoms with E-state index in [1.54, 1.807) is 12.1 Å². The van der Waals surface area contributed by atoms with Crippen LogP contribution in [0.15, 0.2) is 115 Å². The molecule has 1 aromatic heterocycles. The van der Waals surface area contributed by atoms with Gasteiger partial charge in [-0.05, 0) is 35.7 Å². The molecule has 0 aliphatic rings. The van der Waals surface area contributed by atoms with Crippen molar-refractivity contribution in [1.82, 2.24) is 4.98 Å². The highest BCUT2D eigenvalue weighted by atomic mass is 16.6. The minimum Gasteiger partial charge on any atom is -0.468 e. The van der Waals surface area contributed by atoms with E-state index in [-0.39, 0.29) is 11.5 Å². The van der Waals surface area contributed by atoms with Crippen molar-refractivity contribution in [2.45, 2.75) is 12.8 Å². The number of pyridine rings is 1. The molecule has 1 atom stereocenters. The van der Waals surface area contributed by atoms with Crippen LogP contribution in [0.2, 0.25) is 0 Å². The number of nitrogens with zero attached hydrogens (tertiary/aromatic N) is 2. The van der Waals surface area contributed by atoms with Gasteiger partial charge in [-0.1, -0.05) is 91.0 Å². The van der Waals surface area contributed by atoms with Crippen LogP contribution >= 0.6 is 0 Å². The van der Waals surface area contributed by atoms with E-state index in [2.05, 4.69) is 0 Å². The van der Waals surface area contributed by atoms with Crippen LogP contribution in [0.3, 0.4) is 0 Å². The molecular weight excluding hydrogens is 516 g/mol. The standard InChI is InChI=1S/C34H26N2O5/c1-22(37)28(34(38)41-2)31-29(23-12-6-3-7-13-23)32(25-16-10-5-11-17-25)35-33(30(31)24-14-8-4-9-15-24)26-18-20-27(21-19-26)36(39)40/h3-21,28H,1-2H3. The van der Waals surface area contributed by atoms with E-state index in [4.69, 9.17) is 9.72 Å². The Labute approximate surface area is 237 Å². The smallest absolute Gasteiger partial charge is 0.320 e. The summed E-state index contributed by atoms with van der Waals surface area (Å²) in [4.78, 5) is 42.9. The van der Waals surface area contributed by atoms with E-state index in [0.717, 1.165) is 16.7 Å². The van der Waals surface area contributed by atoms with Crippen molar-refractivity contribution in [1.29, 1.82) is 0 Å². The van der Waals surface area contributed by atoms with Crippen LogP contribution < -0.4 is 0 Å². The van der Waals surface area contributed by atoms with Crippen molar-refractivity contribution in [2.24, 2.45) is 0 Å². The fourth-order valence-corrected chi connectivity index (χ4v) is 5.05. The first kappa shape index (κ1) is 27.1. The number of non-ortho nitro benzene ring substituents is 1. The number of nitro groups is 1. The summed E-state index contributed by atoms with van der Waals surface area (Å²) in [5.41, 5.74) is 5.54. The number of ether oxygens (including phenoxy) is 1. The Balaban J connectivity index is 2.02. The maximum Gasteiger partial charge on any atom is 0.320 e. The van der Waals surface area contributed by atoms with Gasteiger partial charge in [-0.25, -0.2) is 4.98 Å². The summed E-state index contributed by atoms with van der Waals surface area (Å²) >= 11 is 0. The Kier molecular flexibility index (Phi) is 7.78. The minimum atomic E-state index is -1.26. The highest BCUT2D eigenvalue weighted by Gasteiger charge is 2.35. The first-order valence-electron chi connectivity index (χ1n) is 13.0. The van der Waals surface area contributed by atoms with E-state index in [1.807, 2.05) is 91.0 Å². The number of ketones is 1. The van der Waals surface area contributed by atoms with Gasteiger partial charge in [0.15, 0.2) is 0 Å². The largest absolute Gasteiger partial charge is 0.468 e. The zero-order valence-electron chi connectivity index (χ0n) is 22.5. The second-order valence-corrected chi connectivity index (χ2v) is 9.44. The summed E-state index contributed by atoms with van der Waals surface area (Å²) in [5.74, 6) is -2.33. The Bertz CT molecular complexity index is 1720. The lowest BCUT2D eigenvalue weighted by molar-refractivity contribution is -0.384. The molecule has 0 saturated heterocycles. The summed E-state index contributed by atoms with van der Waals surface area (Å²) in [6, 6.07) is 34.5. The van der Waals surface area contributed by atoms with Crippen molar-refractivity contribution < 1.29 is 19.2 Å². The van der Waals surface area contributed by atoms with Gasteiger partial charge in [0.1, 0.15) is 11.7 Å². The maximum absolute atomic E-state index is 13.4. The number of rotatable bonds is 8. The van der Waals surface area contributed by atoms with Crippen LogP contribution in [0, 0.1) is 10.1 Å². The maximum atomic E-state index is 13.4. The molecule has 5 aromatic rings. The summed E-state index contributed by atoms with van der Waals surface area (Å²) in [6.45, 7) is 1.37. The minimum absolute atomic E-state index is 0.0596. The summed E-state index contributed by atoms with van der Waals surface area (Å²) in [7, 11) is 1.26. The molecule has 0 amide bonds. The molecule has 7 heteroatoms. The van der Waals surface area contributed by atoms with Gasteiger partial charge in [0.25, 0.3) is 5.69 Å². The van der Waals surface area contributed by atoms with E-state index in [0.29, 0.717) is 33.6 Å². The zero-order chi connectivity index (χ0) is 28.9. The topological polar surface area (TPSA) is 99.4 Å². The van der Waals surface area contributed by atoms with Crippen molar-refractivity contribution in [2.75, 3.05) is 7.11 Å². The molecule has 41 heavy (non-hydrogen) atoms. The highest BCUT2D eigenvalue weighted by molar-refractivity contribution is 6.09. The number of hydrogen-bond acceptors (Lipinski definition) is 6. The number of methoxy groups -OCH3 is 1. The first-order chi connectivity index (χ1) is 19.9. The number of aromatic nitrogens is 1. The molecule has 0 aliphatic heterocycles. The van der Waals surface area contributed by atoms with Gasteiger partial charge in [-0.15, -0.1) is 0 Å². The van der Waals surface area contributed by atoms with Gasteiger partial charge in [0.2, 0.25) is 0 Å². The van der Waals surface area contributed by atoms with Crippen molar-refractivity contribution in [3.05, 3.63) is 131 Å². The monoisotopic (exact) mass is 542 g/mol. The third kappa shape index (κ3) is 5.38. The van der Waals surface area contributed by atoms with Gasteiger partial charge in [-0.3, -0.25) is 19.7 Å². The molecule has 0 radical (unpaired) electrons. The van der Waals surface area contributed by atoms with Crippen LogP contribution in [0.5, 0.6) is 0 Å². The number of benzene rings is 4. The molecule has 5 rings (SSSR count). The molecule has 7 nitrogen and oxygen atoms in total. The second-order valence-electron chi connectivity index (χ2n) is 9.44. The average Bonchev–Trinajstić information content (AvgIpc) is 3.01. The summed E-state index contributed by atoms with van der Waals surface area (Å²) in [6.07, 6.45) is 0. The molecule has 0 aliphatic carbocycles. The zero-order valence-corrected chi connectivity index (χ0v) is 22.5. The molecular formula is C34H26N2O5. The van der Waals surface area contributed by atoms with Crippen molar-refractivity contribution in [3.63, 3.8) is 0 Å². The SMILES string of the molecule is COC(=O)C(C(C)=O)c1c(-c2ccccc2)c(-c2ccccc2)nc(-c2ccc([N+](=O)[O-])cc2)c1-c1ccccc1. The Morgan fingerprint density at radius 2 is 1.10 bits per heavy atom. The third-order valence-corrected chi connectivity index (χ3v) is 6.89. The van der Waals surface area contributed by atoms with E-state index in [9.17, 15) is 19.7 Å². The number of carbonyl (C=O) groups is 2. The lowest BCUT2D eigenvalue weighted by atomic mass is 9.79. The Morgan fingerprint density at radius 1 is 0.683 bits per heavy atom. The third-order valence-electron chi connectivity index (χ3n) is 6.89. The fourth-order valence-electron chi connectivity index (χ4n) is 5.05. The molecule has 0 fully saturated rings. The van der Waals surface area contributed by atoms with E-state index in [1.165, 1.54) is 26.2 Å². The number of Topliss-reactive ketones (excluding diaryl/α,β-unsaturated/α-hetero) is 1. The molecule has 4 aromatic carbocycles. The lowest BCUT2D eigenvalue weighted by Crippen LogP contribution is -2.23. The van der Waals surface area contributed by atoms with Gasteiger partial charge in [0, 0.05) is 34.4 Å². The average molecular weight is 543 g/mol. The number of carbonyl (C=O) groups excluding carboxylic acids is 2. The number of hydrogen-bond donors (Lipinski definition) is 0. The number of esters is 1. The van der Waals surface area contributed by atoms with Gasteiger partial charge in [-0.2, -0.15) is 0 Å². The molecule has 0 spiro atoms. The Morgan fingerprint density at radius 3 is 1.49 bits per heavy atom. The van der Waals surface area contributed by atoms with Gasteiger partial charge < -0.3 is 4.74 Å². The van der Waals surface area contributed by atoms with Crippen LogP contribution in [-0.4, -0.2) is 28.8 Å². The predicted octanol–water partition coefficient (Wildman–Crippen LogP) is 7.50. The summed E-state index contributed by atoms with van der Waals surface area (Å²) in [5, 5.41) is 11.4. The highest BCUT2D eigenvalue weighted by Crippen LogP contribution is 2.47. The molecule has 0 saturated carbocycles. The first-order valence-corrected chi connectivity index (χ1v) is 13.0. The van der Waals surface area contributed by atoms with Crippen molar-refractivity contribution in [3.8, 4) is 44.8 Å². The second kappa shape index (κ2) is 11.8.